The van der Waals surface area contributed by atoms with Crippen LogP contribution in [0.1, 0.15) is 31.4 Å². The van der Waals surface area contributed by atoms with Crippen molar-refractivity contribution in [2.24, 2.45) is 5.92 Å². The van der Waals surface area contributed by atoms with Gasteiger partial charge in [0, 0.05) is 11.5 Å². The zero-order chi connectivity index (χ0) is 23.2. The molecule has 8 heteroatoms. The summed E-state index contributed by atoms with van der Waals surface area (Å²) in [6, 6.07) is 13.0. The number of fused-ring (bicyclic) bond motifs is 1. The molecule has 2 amide bonds. The minimum atomic E-state index is -0.340. The number of rotatable bonds is 7. The summed E-state index contributed by atoms with van der Waals surface area (Å²) >= 11 is 0. The Bertz CT molecular complexity index is 1080. The maximum Gasteiger partial charge on any atom is 0.320 e. The fourth-order valence-electron chi connectivity index (χ4n) is 4.04. The van der Waals surface area contributed by atoms with Gasteiger partial charge in [-0.05, 0) is 57.5 Å². The summed E-state index contributed by atoms with van der Waals surface area (Å²) < 4.78 is 11.7. The van der Waals surface area contributed by atoms with Gasteiger partial charge >= 0.3 is 6.03 Å². The van der Waals surface area contributed by atoms with Crippen LogP contribution < -0.4 is 20.1 Å². The molecule has 0 bridgehead atoms. The lowest BCUT2D eigenvalue weighted by Gasteiger charge is -2.28. The predicted molar refractivity (Wildman–Crippen MR) is 129 cm³/mol. The number of urea groups is 1. The molecule has 1 atom stereocenters. The number of carbonyl (C=O) groups is 1. The number of anilines is 1. The average Bonchev–Trinajstić information content (AvgIpc) is 2.83. The van der Waals surface area contributed by atoms with Crippen LogP contribution in [0.2, 0.25) is 0 Å². The Hall–Kier alpha value is -3.39. The largest absolute Gasteiger partial charge is 0.493 e. The fourth-order valence-corrected chi connectivity index (χ4v) is 4.04. The van der Waals surface area contributed by atoms with Crippen molar-refractivity contribution in [2.75, 3.05) is 39.2 Å². The number of nitrogens with one attached hydrogen (secondary N) is 2. The molecule has 8 nitrogen and oxygen atoms in total. The Morgan fingerprint density at radius 1 is 1.15 bits per heavy atom. The quantitative estimate of drug-likeness (QED) is 0.561. The summed E-state index contributed by atoms with van der Waals surface area (Å²) in [6.07, 6.45) is 3.68. The average molecular weight is 450 g/mol. The third-order valence-electron chi connectivity index (χ3n) is 6.11. The highest BCUT2D eigenvalue weighted by Gasteiger charge is 2.19. The van der Waals surface area contributed by atoms with Gasteiger partial charge in [-0.3, -0.25) is 5.32 Å². The maximum atomic E-state index is 12.6. The first-order valence-corrected chi connectivity index (χ1v) is 11.3. The second-order valence-electron chi connectivity index (χ2n) is 8.53. The van der Waals surface area contributed by atoms with E-state index in [1.807, 2.05) is 49.4 Å². The van der Waals surface area contributed by atoms with E-state index < -0.39 is 0 Å². The van der Waals surface area contributed by atoms with Crippen molar-refractivity contribution >= 4 is 22.8 Å². The van der Waals surface area contributed by atoms with Crippen molar-refractivity contribution < 1.29 is 14.3 Å². The van der Waals surface area contributed by atoms with Crippen LogP contribution >= 0.6 is 0 Å². The Labute approximate surface area is 194 Å². The zero-order valence-electron chi connectivity index (χ0n) is 19.4. The number of likely N-dealkylation sites (tertiary alicyclic amines) is 1. The Morgan fingerprint density at radius 3 is 2.64 bits per heavy atom. The van der Waals surface area contributed by atoms with E-state index in [0.29, 0.717) is 40.7 Å². The molecule has 1 fully saturated rings. The Balaban J connectivity index is 1.47. The number of carbonyl (C=O) groups excluding carboxylic acids is 1. The van der Waals surface area contributed by atoms with Gasteiger partial charge in [0.15, 0.2) is 11.5 Å². The molecule has 1 aliphatic heterocycles. The standard InChI is InChI=1S/C25H31N5O3/c1-17(19-7-5-4-6-8-19)28-25(31)29-24-20-13-22(32-3)23(14-21(20)26-16-27-24)33-15-18-9-11-30(2)12-10-18/h4-8,13-14,16-18H,9-12,15H2,1-3H3,(H2,26,27,28,29,31). The van der Waals surface area contributed by atoms with E-state index in [-0.39, 0.29) is 12.1 Å². The number of nitrogens with zero attached hydrogens (tertiary/aromatic N) is 3. The lowest BCUT2D eigenvalue weighted by atomic mass is 9.98. The lowest BCUT2D eigenvalue weighted by Crippen LogP contribution is -2.32. The van der Waals surface area contributed by atoms with E-state index in [9.17, 15) is 4.79 Å². The van der Waals surface area contributed by atoms with Gasteiger partial charge in [0.2, 0.25) is 0 Å². The number of ether oxygens (including phenoxy) is 2. The van der Waals surface area contributed by atoms with Crippen molar-refractivity contribution in [1.82, 2.24) is 20.2 Å². The number of aromatic nitrogens is 2. The summed E-state index contributed by atoms with van der Waals surface area (Å²) in [5, 5.41) is 6.47. The number of piperidine rings is 1. The molecule has 2 aromatic carbocycles. The molecule has 174 valence electrons. The van der Waals surface area contributed by atoms with Gasteiger partial charge in [-0.15, -0.1) is 0 Å². The van der Waals surface area contributed by atoms with E-state index in [2.05, 4.69) is 32.5 Å². The van der Waals surface area contributed by atoms with Gasteiger partial charge in [-0.25, -0.2) is 14.8 Å². The molecule has 1 aromatic heterocycles. The normalized spacial score (nSPS) is 15.7. The molecule has 0 radical (unpaired) electrons. The third-order valence-corrected chi connectivity index (χ3v) is 6.11. The highest BCUT2D eigenvalue weighted by molar-refractivity contribution is 5.99. The fraction of sp³-hybridized carbons (Fsp3) is 0.400. The van der Waals surface area contributed by atoms with Gasteiger partial charge in [0.05, 0.1) is 25.3 Å². The molecule has 0 saturated carbocycles. The molecule has 1 saturated heterocycles. The highest BCUT2D eigenvalue weighted by atomic mass is 16.5. The van der Waals surface area contributed by atoms with Crippen LogP contribution in [0.3, 0.4) is 0 Å². The summed E-state index contributed by atoms with van der Waals surface area (Å²) in [5.74, 6) is 2.18. The summed E-state index contributed by atoms with van der Waals surface area (Å²) in [4.78, 5) is 23.6. The summed E-state index contributed by atoms with van der Waals surface area (Å²) in [7, 11) is 3.76. The minimum Gasteiger partial charge on any atom is -0.493 e. The molecule has 2 N–H and O–H groups in total. The van der Waals surface area contributed by atoms with E-state index in [1.54, 1.807) is 7.11 Å². The molecular weight excluding hydrogens is 418 g/mol. The van der Waals surface area contributed by atoms with Crippen LogP contribution in [-0.4, -0.2) is 54.8 Å². The van der Waals surface area contributed by atoms with Gasteiger partial charge in [0.1, 0.15) is 12.1 Å². The molecule has 1 aliphatic rings. The Kier molecular flexibility index (Phi) is 7.24. The number of hydrogen-bond donors (Lipinski definition) is 2. The second-order valence-corrected chi connectivity index (χ2v) is 8.53. The van der Waals surface area contributed by atoms with Crippen LogP contribution in [0.4, 0.5) is 10.6 Å². The van der Waals surface area contributed by atoms with Gasteiger partial charge in [0.25, 0.3) is 0 Å². The number of benzene rings is 2. The molecule has 2 heterocycles. The topological polar surface area (TPSA) is 88.6 Å². The molecule has 0 aliphatic carbocycles. The summed E-state index contributed by atoms with van der Waals surface area (Å²) in [6.45, 7) is 4.77. The lowest BCUT2D eigenvalue weighted by molar-refractivity contribution is 0.157. The third kappa shape index (κ3) is 5.70. The van der Waals surface area contributed by atoms with Gasteiger partial charge in [-0.1, -0.05) is 30.3 Å². The van der Waals surface area contributed by atoms with E-state index in [0.717, 1.165) is 31.5 Å². The van der Waals surface area contributed by atoms with Crippen molar-refractivity contribution in [3.05, 3.63) is 54.4 Å². The smallest absolute Gasteiger partial charge is 0.320 e. The highest BCUT2D eigenvalue weighted by Crippen LogP contribution is 2.34. The van der Waals surface area contributed by atoms with Crippen LogP contribution in [0, 0.1) is 5.92 Å². The SMILES string of the molecule is COc1cc2c(NC(=O)NC(C)c3ccccc3)ncnc2cc1OCC1CCN(C)CC1. The van der Waals surface area contributed by atoms with Crippen molar-refractivity contribution in [3.63, 3.8) is 0 Å². The monoisotopic (exact) mass is 449 g/mol. The van der Waals surface area contributed by atoms with Crippen LogP contribution in [-0.2, 0) is 0 Å². The number of hydrogen-bond acceptors (Lipinski definition) is 6. The van der Waals surface area contributed by atoms with Crippen molar-refractivity contribution in [2.45, 2.75) is 25.8 Å². The first-order valence-electron chi connectivity index (χ1n) is 11.3. The predicted octanol–water partition coefficient (Wildman–Crippen LogP) is 4.24. The molecule has 3 aromatic rings. The minimum absolute atomic E-state index is 0.145. The molecular formula is C25H31N5O3. The van der Waals surface area contributed by atoms with Gasteiger partial charge < -0.3 is 19.7 Å². The zero-order valence-corrected chi connectivity index (χ0v) is 19.4. The van der Waals surface area contributed by atoms with Crippen LogP contribution in [0.5, 0.6) is 11.5 Å². The van der Waals surface area contributed by atoms with Crippen molar-refractivity contribution in [1.29, 1.82) is 0 Å². The number of amides is 2. The maximum absolute atomic E-state index is 12.6. The van der Waals surface area contributed by atoms with Crippen LogP contribution in [0.15, 0.2) is 48.8 Å². The van der Waals surface area contributed by atoms with E-state index >= 15 is 0 Å². The van der Waals surface area contributed by atoms with Crippen LogP contribution in [0.25, 0.3) is 10.9 Å². The molecule has 1 unspecified atom stereocenters. The Morgan fingerprint density at radius 2 is 1.91 bits per heavy atom. The van der Waals surface area contributed by atoms with Gasteiger partial charge in [-0.2, -0.15) is 0 Å². The summed E-state index contributed by atoms with van der Waals surface area (Å²) in [5.41, 5.74) is 1.70. The first-order chi connectivity index (χ1) is 16.0. The molecule has 33 heavy (non-hydrogen) atoms. The number of methoxy groups -OCH3 is 1. The second kappa shape index (κ2) is 10.5. The molecule has 4 rings (SSSR count). The first kappa shape index (κ1) is 22.8. The van der Waals surface area contributed by atoms with E-state index in [4.69, 9.17) is 9.47 Å². The van der Waals surface area contributed by atoms with E-state index in [1.165, 1.54) is 6.33 Å². The molecule has 0 spiro atoms. The van der Waals surface area contributed by atoms with Crippen molar-refractivity contribution in [3.8, 4) is 11.5 Å².